The summed E-state index contributed by atoms with van der Waals surface area (Å²) >= 11 is 2.04. The van der Waals surface area contributed by atoms with Gasteiger partial charge in [0.2, 0.25) is 0 Å². The van der Waals surface area contributed by atoms with Crippen LogP contribution in [0.4, 0.5) is 4.39 Å². The lowest BCUT2D eigenvalue weighted by atomic mass is 10.0. The number of morpholine rings is 1. The molecule has 2 aliphatic rings. The Balaban J connectivity index is 0.00000280. The van der Waals surface area contributed by atoms with Crippen LogP contribution in [0.1, 0.15) is 31.4 Å². The second-order valence-corrected chi connectivity index (χ2v) is 9.11. The van der Waals surface area contributed by atoms with Crippen molar-refractivity contribution in [2.75, 3.05) is 52.2 Å². The minimum atomic E-state index is -0.202. The molecule has 2 atom stereocenters. The van der Waals surface area contributed by atoms with Crippen LogP contribution in [0.3, 0.4) is 0 Å². The van der Waals surface area contributed by atoms with E-state index in [0.29, 0.717) is 0 Å². The number of benzene rings is 1. The normalized spacial score (nSPS) is 24.5. The Labute approximate surface area is 189 Å². The van der Waals surface area contributed by atoms with Gasteiger partial charge in [0, 0.05) is 38.0 Å². The molecule has 2 aliphatic heterocycles. The number of nitrogens with one attached hydrogen (secondary N) is 2. The first-order valence-electron chi connectivity index (χ1n) is 9.75. The van der Waals surface area contributed by atoms with Gasteiger partial charge in [0.1, 0.15) is 5.82 Å². The lowest BCUT2D eigenvalue weighted by molar-refractivity contribution is 0.0170. The summed E-state index contributed by atoms with van der Waals surface area (Å²) in [6.45, 7) is 7.18. The molecule has 0 bridgehead atoms. The van der Waals surface area contributed by atoms with Crippen molar-refractivity contribution >= 4 is 41.7 Å². The molecule has 1 aromatic carbocycles. The molecule has 0 amide bonds. The van der Waals surface area contributed by atoms with Crippen molar-refractivity contribution in [2.24, 2.45) is 4.99 Å². The van der Waals surface area contributed by atoms with E-state index in [1.54, 1.807) is 7.05 Å². The number of hydrogen-bond acceptors (Lipinski definition) is 4. The van der Waals surface area contributed by atoms with Gasteiger partial charge in [0.15, 0.2) is 5.96 Å². The minimum absolute atomic E-state index is 0. The molecule has 3 rings (SSSR count). The van der Waals surface area contributed by atoms with Crippen LogP contribution in [0.5, 0.6) is 0 Å². The fourth-order valence-electron chi connectivity index (χ4n) is 3.69. The van der Waals surface area contributed by atoms with E-state index >= 15 is 0 Å². The lowest BCUT2D eigenvalue weighted by Gasteiger charge is -2.35. The summed E-state index contributed by atoms with van der Waals surface area (Å²) in [6, 6.07) is 6.99. The van der Waals surface area contributed by atoms with E-state index in [9.17, 15) is 4.39 Å². The Morgan fingerprint density at radius 1 is 1.29 bits per heavy atom. The van der Waals surface area contributed by atoms with E-state index in [1.165, 1.54) is 30.7 Å². The SMILES string of the molecule is CN=C(NCC(c1ccc(F)cc1)N1CCOCC1)NCC1(C)CCCS1.I. The van der Waals surface area contributed by atoms with E-state index < -0.39 is 0 Å². The van der Waals surface area contributed by atoms with E-state index in [1.807, 2.05) is 23.9 Å². The van der Waals surface area contributed by atoms with Crippen molar-refractivity contribution in [1.82, 2.24) is 15.5 Å². The summed E-state index contributed by atoms with van der Waals surface area (Å²) in [4.78, 5) is 6.78. The highest BCUT2D eigenvalue weighted by molar-refractivity contribution is 14.0. The highest BCUT2D eigenvalue weighted by Gasteiger charge is 2.29. The van der Waals surface area contributed by atoms with Crippen LogP contribution in [0, 0.1) is 5.82 Å². The van der Waals surface area contributed by atoms with Crippen LogP contribution >= 0.6 is 35.7 Å². The zero-order valence-corrected chi connectivity index (χ0v) is 19.9. The Morgan fingerprint density at radius 3 is 2.61 bits per heavy atom. The summed E-state index contributed by atoms with van der Waals surface area (Å²) in [5, 5.41) is 6.96. The third-order valence-corrected chi connectivity index (χ3v) is 6.90. The van der Waals surface area contributed by atoms with Crippen LogP contribution in [0.25, 0.3) is 0 Å². The topological polar surface area (TPSA) is 48.9 Å². The fraction of sp³-hybridized carbons (Fsp3) is 0.650. The summed E-state index contributed by atoms with van der Waals surface area (Å²) in [7, 11) is 1.81. The van der Waals surface area contributed by atoms with Crippen LogP contribution < -0.4 is 10.6 Å². The third kappa shape index (κ3) is 6.74. The quantitative estimate of drug-likeness (QED) is 0.341. The summed E-state index contributed by atoms with van der Waals surface area (Å²) in [5.74, 6) is 1.87. The first kappa shape index (κ1) is 23.7. The van der Waals surface area contributed by atoms with Gasteiger partial charge in [0.05, 0.1) is 19.3 Å². The second kappa shape index (κ2) is 11.6. The van der Waals surface area contributed by atoms with Gasteiger partial charge in [-0.2, -0.15) is 11.8 Å². The number of ether oxygens (including phenoxy) is 1. The monoisotopic (exact) mass is 522 g/mol. The van der Waals surface area contributed by atoms with Crippen molar-refractivity contribution in [3.63, 3.8) is 0 Å². The van der Waals surface area contributed by atoms with Gasteiger partial charge in [-0.3, -0.25) is 9.89 Å². The third-order valence-electron chi connectivity index (χ3n) is 5.36. The standard InChI is InChI=1S/C20H31FN4OS.HI/c1-20(8-3-13-27-20)15-24-19(22-2)23-14-18(25-9-11-26-12-10-25)16-4-6-17(21)7-5-16;/h4-7,18H,3,8-15H2,1-2H3,(H2,22,23,24);1H. The molecule has 2 N–H and O–H groups in total. The number of thioether (sulfide) groups is 1. The van der Waals surface area contributed by atoms with Crippen molar-refractivity contribution < 1.29 is 9.13 Å². The van der Waals surface area contributed by atoms with Crippen molar-refractivity contribution in [3.05, 3.63) is 35.6 Å². The molecule has 0 spiro atoms. The minimum Gasteiger partial charge on any atom is -0.379 e. The Bertz CT molecular complexity index is 619. The predicted molar refractivity (Wildman–Crippen MR) is 126 cm³/mol. The first-order valence-corrected chi connectivity index (χ1v) is 10.7. The zero-order chi connectivity index (χ0) is 19.1. The number of nitrogens with zero attached hydrogens (tertiary/aromatic N) is 2. The van der Waals surface area contributed by atoms with Gasteiger partial charge in [-0.15, -0.1) is 24.0 Å². The average Bonchev–Trinajstić information content (AvgIpc) is 3.13. The maximum atomic E-state index is 13.4. The summed E-state index contributed by atoms with van der Waals surface area (Å²) in [5.41, 5.74) is 1.11. The Hall–Kier alpha value is -0.580. The number of hydrogen-bond donors (Lipinski definition) is 2. The molecule has 0 radical (unpaired) electrons. The molecule has 8 heteroatoms. The number of guanidine groups is 1. The average molecular weight is 522 g/mol. The maximum Gasteiger partial charge on any atom is 0.191 e. The van der Waals surface area contributed by atoms with Crippen LogP contribution in [0.2, 0.25) is 0 Å². The molecule has 0 aliphatic carbocycles. The van der Waals surface area contributed by atoms with Crippen molar-refractivity contribution in [3.8, 4) is 0 Å². The highest BCUT2D eigenvalue weighted by atomic mass is 127. The maximum absolute atomic E-state index is 13.4. The molecule has 2 heterocycles. The zero-order valence-electron chi connectivity index (χ0n) is 16.7. The highest BCUT2D eigenvalue weighted by Crippen LogP contribution is 2.36. The molecule has 0 aromatic heterocycles. The molecule has 5 nitrogen and oxygen atoms in total. The lowest BCUT2D eigenvalue weighted by Crippen LogP contribution is -2.48. The molecule has 1 aromatic rings. The Kier molecular flexibility index (Phi) is 9.79. The van der Waals surface area contributed by atoms with E-state index in [-0.39, 0.29) is 40.6 Å². The molecule has 2 unspecified atom stereocenters. The smallest absolute Gasteiger partial charge is 0.191 e. The van der Waals surface area contributed by atoms with Crippen molar-refractivity contribution in [2.45, 2.75) is 30.6 Å². The van der Waals surface area contributed by atoms with E-state index in [4.69, 9.17) is 4.74 Å². The number of aliphatic imine (C=N–C) groups is 1. The summed E-state index contributed by atoms with van der Waals surface area (Å²) in [6.07, 6.45) is 2.53. The molecule has 0 saturated carbocycles. The van der Waals surface area contributed by atoms with Gasteiger partial charge in [-0.05, 0) is 43.2 Å². The van der Waals surface area contributed by atoms with Crippen LogP contribution in [-0.2, 0) is 4.74 Å². The van der Waals surface area contributed by atoms with Gasteiger partial charge >= 0.3 is 0 Å². The number of rotatable bonds is 6. The molecular formula is C20H32FIN4OS. The van der Waals surface area contributed by atoms with Gasteiger partial charge in [-0.1, -0.05) is 12.1 Å². The van der Waals surface area contributed by atoms with Crippen LogP contribution in [-0.4, -0.2) is 67.8 Å². The molecule has 28 heavy (non-hydrogen) atoms. The second-order valence-electron chi connectivity index (χ2n) is 7.42. The van der Waals surface area contributed by atoms with E-state index in [0.717, 1.165) is 50.9 Å². The molecule has 2 fully saturated rings. The van der Waals surface area contributed by atoms with Gasteiger partial charge in [-0.25, -0.2) is 4.39 Å². The molecule has 158 valence electrons. The fourth-order valence-corrected chi connectivity index (χ4v) is 4.94. The van der Waals surface area contributed by atoms with Crippen LogP contribution in [0.15, 0.2) is 29.3 Å². The first-order chi connectivity index (χ1) is 13.1. The largest absolute Gasteiger partial charge is 0.379 e. The van der Waals surface area contributed by atoms with Gasteiger partial charge in [0.25, 0.3) is 0 Å². The van der Waals surface area contributed by atoms with E-state index in [2.05, 4.69) is 27.4 Å². The predicted octanol–water partition coefficient (Wildman–Crippen LogP) is 3.27. The van der Waals surface area contributed by atoms with Crippen molar-refractivity contribution in [1.29, 1.82) is 0 Å². The van der Waals surface area contributed by atoms with Gasteiger partial charge < -0.3 is 15.4 Å². The number of halogens is 2. The molecular weight excluding hydrogens is 490 g/mol. The Morgan fingerprint density at radius 2 is 2.00 bits per heavy atom. The molecule has 2 saturated heterocycles. The summed E-state index contributed by atoms with van der Waals surface area (Å²) < 4.78 is 19.2.